The molecule has 0 saturated carbocycles. The number of ether oxygens (including phenoxy) is 1. The van der Waals surface area contributed by atoms with Crippen LogP contribution < -0.4 is 15.8 Å². The maximum absolute atomic E-state index is 11.7. The first-order valence-corrected chi connectivity index (χ1v) is 6.98. The quantitative estimate of drug-likeness (QED) is 0.880. The summed E-state index contributed by atoms with van der Waals surface area (Å²) in [5.74, 6) is 1.01. The third-order valence-electron chi connectivity index (χ3n) is 4.11. The number of urea groups is 1. The first-order chi connectivity index (χ1) is 9.54. The molecule has 3 N–H and O–H groups in total. The monoisotopic (exact) mass is 277 g/mol. The van der Waals surface area contributed by atoms with E-state index in [4.69, 9.17) is 10.5 Å². The molecule has 5 nitrogen and oxygen atoms in total. The predicted octanol–water partition coefficient (Wildman–Crippen LogP) is 1.54. The molecule has 1 fully saturated rings. The van der Waals surface area contributed by atoms with Crippen LogP contribution in [0.25, 0.3) is 0 Å². The molecule has 0 aliphatic carbocycles. The van der Waals surface area contributed by atoms with Crippen LogP contribution in [0.3, 0.4) is 0 Å². The molecule has 20 heavy (non-hydrogen) atoms. The Kier molecular flexibility index (Phi) is 4.49. The normalized spacial score (nSPS) is 24.2. The standard InChI is InChI=1S/C15H23N3O2/c1-10(12-5-4-6-13(9-12)20-3)14-11(2)17-7-8-18(14)15(16)19/h4-6,9-11,14,17H,7-8H2,1-3H3,(H2,16,19)/t10-,11?,14?/m1/s1. The van der Waals surface area contributed by atoms with Gasteiger partial charge in [0.15, 0.2) is 0 Å². The number of hydrogen-bond donors (Lipinski definition) is 2. The molecule has 1 aromatic rings. The van der Waals surface area contributed by atoms with E-state index in [0.717, 1.165) is 17.9 Å². The van der Waals surface area contributed by atoms with Crippen molar-refractivity contribution in [3.63, 3.8) is 0 Å². The molecule has 0 radical (unpaired) electrons. The molecule has 0 spiro atoms. The van der Waals surface area contributed by atoms with Gasteiger partial charge in [-0.15, -0.1) is 0 Å². The Morgan fingerprint density at radius 3 is 2.95 bits per heavy atom. The smallest absolute Gasteiger partial charge is 0.315 e. The summed E-state index contributed by atoms with van der Waals surface area (Å²) in [6.07, 6.45) is 0. The van der Waals surface area contributed by atoms with Crippen molar-refractivity contribution in [2.45, 2.75) is 31.8 Å². The summed E-state index contributed by atoms with van der Waals surface area (Å²) < 4.78 is 5.27. The highest BCUT2D eigenvalue weighted by Gasteiger charge is 2.35. The fraction of sp³-hybridized carbons (Fsp3) is 0.533. The van der Waals surface area contributed by atoms with Gasteiger partial charge in [0.2, 0.25) is 0 Å². The van der Waals surface area contributed by atoms with E-state index in [1.807, 2.05) is 18.2 Å². The van der Waals surface area contributed by atoms with Crippen LogP contribution in [0.5, 0.6) is 5.75 Å². The van der Waals surface area contributed by atoms with Crippen molar-refractivity contribution >= 4 is 6.03 Å². The highest BCUT2D eigenvalue weighted by Crippen LogP contribution is 2.29. The summed E-state index contributed by atoms with van der Waals surface area (Å²) in [5.41, 5.74) is 6.68. The number of carbonyl (C=O) groups is 1. The molecule has 1 aliphatic rings. The molecule has 3 atom stereocenters. The zero-order valence-electron chi connectivity index (χ0n) is 12.3. The van der Waals surface area contributed by atoms with E-state index in [0.29, 0.717) is 6.54 Å². The highest BCUT2D eigenvalue weighted by molar-refractivity contribution is 5.72. The van der Waals surface area contributed by atoms with E-state index in [-0.39, 0.29) is 24.0 Å². The fourth-order valence-corrected chi connectivity index (χ4v) is 3.03. The number of nitrogens with two attached hydrogens (primary N) is 1. The van der Waals surface area contributed by atoms with Crippen LogP contribution in [-0.2, 0) is 0 Å². The van der Waals surface area contributed by atoms with E-state index < -0.39 is 0 Å². The number of piperazine rings is 1. The van der Waals surface area contributed by atoms with E-state index in [1.54, 1.807) is 12.0 Å². The van der Waals surface area contributed by atoms with Crippen molar-refractivity contribution in [3.05, 3.63) is 29.8 Å². The van der Waals surface area contributed by atoms with Gasteiger partial charge in [-0.05, 0) is 24.6 Å². The van der Waals surface area contributed by atoms with E-state index >= 15 is 0 Å². The largest absolute Gasteiger partial charge is 0.497 e. The van der Waals surface area contributed by atoms with Crippen LogP contribution in [0.1, 0.15) is 25.3 Å². The van der Waals surface area contributed by atoms with Crippen LogP contribution in [-0.4, -0.2) is 43.2 Å². The first kappa shape index (κ1) is 14.7. The Bertz CT molecular complexity index is 478. The van der Waals surface area contributed by atoms with E-state index in [2.05, 4.69) is 25.2 Å². The minimum atomic E-state index is -0.349. The first-order valence-electron chi connectivity index (χ1n) is 6.98. The maximum atomic E-state index is 11.7. The molecule has 0 aromatic heterocycles. The predicted molar refractivity (Wildman–Crippen MR) is 79.0 cm³/mol. The number of carbonyl (C=O) groups excluding carboxylic acids is 1. The molecular weight excluding hydrogens is 254 g/mol. The lowest BCUT2D eigenvalue weighted by molar-refractivity contribution is 0.130. The second-order valence-electron chi connectivity index (χ2n) is 5.33. The van der Waals surface area contributed by atoms with Crippen LogP contribution in [0.4, 0.5) is 4.79 Å². The van der Waals surface area contributed by atoms with Gasteiger partial charge in [0.05, 0.1) is 13.2 Å². The third kappa shape index (κ3) is 2.88. The Morgan fingerprint density at radius 2 is 2.30 bits per heavy atom. The van der Waals surface area contributed by atoms with Gasteiger partial charge in [0, 0.05) is 25.0 Å². The van der Waals surface area contributed by atoms with Crippen molar-refractivity contribution in [1.82, 2.24) is 10.2 Å². The lowest BCUT2D eigenvalue weighted by Crippen LogP contribution is -2.61. The zero-order valence-corrected chi connectivity index (χ0v) is 12.3. The summed E-state index contributed by atoms with van der Waals surface area (Å²) in [6, 6.07) is 7.88. The van der Waals surface area contributed by atoms with Gasteiger partial charge in [0.1, 0.15) is 5.75 Å². The van der Waals surface area contributed by atoms with Crippen LogP contribution >= 0.6 is 0 Å². The molecule has 1 heterocycles. The lowest BCUT2D eigenvalue weighted by Gasteiger charge is -2.43. The van der Waals surface area contributed by atoms with E-state index in [1.165, 1.54) is 0 Å². The number of methoxy groups -OCH3 is 1. The van der Waals surface area contributed by atoms with Crippen molar-refractivity contribution in [2.24, 2.45) is 5.73 Å². The van der Waals surface area contributed by atoms with Gasteiger partial charge in [-0.2, -0.15) is 0 Å². The molecule has 2 rings (SSSR count). The minimum Gasteiger partial charge on any atom is -0.497 e. The summed E-state index contributed by atoms with van der Waals surface area (Å²) in [5, 5.41) is 3.42. The fourth-order valence-electron chi connectivity index (χ4n) is 3.03. The van der Waals surface area contributed by atoms with Crippen molar-refractivity contribution in [2.75, 3.05) is 20.2 Å². The molecule has 2 amide bonds. The van der Waals surface area contributed by atoms with Gasteiger partial charge < -0.3 is 20.7 Å². The van der Waals surface area contributed by atoms with Crippen molar-refractivity contribution < 1.29 is 9.53 Å². The number of nitrogens with zero attached hydrogens (tertiary/aromatic N) is 1. The molecule has 2 unspecified atom stereocenters. The van der Waals surface area contributed by atoms with Crippen molar-refractivity contribution in [1.29, 1.82) is 0 Å². The van der Waals surface area contributed by atoms with Gasteiger partial charge in [-0.1, -0.05) is 19.1 Å². The van der Waals surface area contributed by atoms with Crippen LogP contribution in [0, 0.1) is 0 Å². The number of hydrogen-bond acceptors (Lipinski definition) is 3. The summed E-state index contributed by atoms with van der Waals surface area (Å²) >= 11 is 0. The summed E-state index contributed by atoms with van der Waals surface area (Å²) in [4.78, 5) is 13.4. The third-order valence-corrected chi connectivity index (χ3v) is 4.11. The molecule has 5 heteroatoms. The summed E-state index contributed by atoms with van der Waals surface area (Å²) in [6.45, 7) is 5.65. The molecule has 110 valence electrons. The molecule has 0 bridgehead atoms. The maximum Gasteiger partial charge on any atom is 0.315 e. The van der Waals surface area contributed by atoms with Gasteiger partial charge in [0.25, 0.3) is 0 Å². The van der Waals surface area contributed by atoms with Crippen LogP contribution in [0.15, 0.2) is 24.3 Å². The summed E-state index contributed by atoms with van der Waals surface area (Å²) in [7, 11) is 1.66. The second-order valence-corrected chi connectivity index (χ2v) is 5.33. The van der Waals surface area contributed by atoms with Crippen molar-refractivity contribution in [3.8, 4) is 5.75 Å². The second kappa shape index (κ2) is 6.13. The van der Waals surface area contributed by atoms with E-state index in [9.17, 15) is 4.79 Å². The van der Waals surface area contributed by atoms with Crippen LogP contribution in [0.2, 0.25) is 0 Å². The Balaban J connectivity index is 2.27. The number of rotatable bonds is 3. The number of benzene rings is 1. The van der Waals surface area contributed by atoms with Gasteiger partial charge in [-0.25, -0.2) is 4.79 Å². The number of primary amides is 1. The SMILES string of the molecule is COc1cccc([C@@H](C)C2C(C)NCCN2C(N)=O)c1. The molecule has 1 aromatic carbocycles. The lowest BCUT2D eigenvalue weighted by atomic mass is 9.86. The van der Waals surface area contributed by atoms with Gasteiger partial charge >= 0.3 is 6.03 Å². The number of nitrogens with one attached hydrogen (secondary N) is 1. The Labute approximate surface area is 120 Å². The Hall–Kier alpha value is -1.75. The molecule has 1 saturated heterocycles. The topological polar surface area (TPSA) is 67.6 Å². The average molecular weight is 277 g/mol. The average Bonchev–Trinajstić information content (AvgIpc) is 2.46. The highest BCUT2D eigenvalue weighted by atomic mass is 16.5. The minimum absolute atomic E-state index is 0.0494. The Morgan fingerprint density at radius 1 is 1.55 bits per heavy atom. The molecular formula is C15H23N3O2. The number of amides is 2. The van der Waals surface area contributed by atoms with Gasteiger partial charge in [-0.3, -0.25) is 0 Å². The molecule has 1 aliphatic heterocycles. The zero-order chi connectivity index (χ0) is 14.7.